The highest BCUT2D eigenvalue weighted by Gasteiger charge is 2.15. The second kappa shape index (κ2) is 3.81. The highest BCUT2D eigenvalue weighted by molar-refractivity contribution is 7.10. The van der Waals surface area contributed by atoms with Gasteiger partial charge in [0.2, 0.25) is 0 Å². The molecule has 74 valence electrons. The zero-order valence-electron chi connectivity index (χ0n) is 8.02. The first-order valence-corrected chi connectivity index (χ1v) is 5.99. The van der Waals surface area contributed by atoms with Gasteiger partial charge in [-0.05, 0) is 48.5 Å². The van der Waals surface area contributed by atoms with Crippen LogP contribution in [0.25, 0.3) is 0 Å². The molecule has 1 N–H and O–H groups in total. The molecule has 0 aromatic carbocycles. The molecule has 0 saturated heterocycles. The molecule has 1 unspecified atom stereocenters. The van der Waals surface area contributed by atoms with E-state index in [1.54, 1.807) is 11.3 Å². The summed E-state index contributed by atoms with van der Waals surface area (Å²) in [6.45, 7) is 3.96. The van der Waals surface area contributed by atoms with E-state index >= 15 is 0 Å². The molecule has 0 amide bonds. The Kier molecular flexibility index (Phi) is 2.67. The third-order valence-corrected chi connectivity index (χ3v) is 3.90. The predicted octanol–water partition coefficient (Wildman–Crippen LogP) is 2.90. The molecular formula is C10H11NOS2. The van der Waals surface area contributed by atoms with Crippen molar-refractivity contribution >= 4 is 22.9 Å². The second-order valence-corrected chi connectivity index (χ2v) is 5.16. The third-order valence-electron chi connectivity index (χ3n) is 2.11. The molecule has 2 aromatic heterocycles. The lowest BCUT2D eigenvalue weighted by atomic mass is 10.1. The predicted molar refractivity (Wildman–Crippen MR) is 60.0 cm³/mol. The van der Waals surface area contributed by atoms with Gasteiger partial charge in [0.25, 0.3) is 0 Å². The van der Waals surface area contributed by atoms with Crippen LogP contribution in [0.5, 0.6) is 0 Å². The molecule has 2 nitrogen and oxygen atoms in total. The fraction of sp³-hybridized carbons (Fsp3) is 0.300. The number of nitrogens with zero attached hydrogens (tertiary/aromatic N) is 1. The van der Waals surface area contributed by atoms with Crippen molar-refractivity contribution in [1.29, 1.82) is 0 Å². The molecule has 0 bridgehead atoms. The lowest BCUT2D eigenvalue weighted by Crippen LogP contribution is -1.96. The maximum atomic E-state index is 10.1. The zero-order chi connectivity index (χ0) is 10.1. The Labute approximate surface area is 91.0 Å². The number of aliphatic hydroxyl groups is 1. The van der Waals surface area contributed by atoms with Crippen LogP contribution < -0.4 is 0 Å². The topological polar surface area (TPSA) is 33.1 Å². The molecule has 0 radical (unpaired) electrons. The number of aromatic nitrogens is 1. The average Bonchev–Trinajstić information content (AvgIpc) is 2.73. The average molecular weight is 225 g/mol. The molecule has 1 atom stereocenters. The maximum Gasteiger partial charge on any atom is 0.116 e. The van der Waals surface area contributed by atoms with Crippen molar-refractivity contribution < 1.29 is 5.11 Å². The van der Waals surface area contributed by atoms with Crippen LogP contribution in [0.1, 0.15) is 27.1 Å². The highest BCUT2D eigenvalue weighted by atomic mass is 32.1. The SMILES string of the molecule is Cc1cc(C(O)c2ccsc2C)sn1. The van der Waals surface area contributed by atoms with E-state index in [0.29, 0.717) is 0 Å². The summed E-state index contributed by atoms with van der Waals surface area (Å²) in [6, 6.07) is 3.91. The van der Waals surface area contributed by atoms with Crippen LogP contribution in [-0.2, 0) is 0 Å². The molecule has 0 spiro atoms. The number of rotatable bonds is 2. The third kappa shape index (κ3) is 1.73. The fourth-order valence-electron chi connectivity index (χ4n) is 1.34. The summed E-state index contributed by atoms with van der Waals surface area (Å²) in [5, 5.41) is 12.1. The summed E-state index contributed by atoms with van der Waals surface area (Å²) >= 11 is 3.03. The Morgan fingerprint density at radius 3 is 2.71 bits per heavy atom. The second-order valence-electron chi connectivity index (χ2n) is 3.21. The van der Waals surface area contributed by atoms with E-state index in [2.05, 4.69) is 4.37 Å². The fourth-order valence-corrected chi connectivity index (χ4v) is 2.83. The van der Waals surface area contributed by atoms with Gasteiger partial charge in [-0.1, -0.05) is 0 Å². The van der Waals surface area contributed by atoms with Crippen molar-refractivity contribution in [1.82, 2.24) is 4.37 Å². The number of thiophene rings is 1. The minimum atomic E-state index is -0.507. The number of aryl methyl sites for hydroxylation is 2. The minimum Gasteiger partial charge on any atom is -0.383 e. The number of aliphatic hydroxyl groups excluding tert-OH is 1. The van der Waals surface area contributed by atoms with Gasteiger partial charge in [-0.25, -0.2) is 0 Å². The summed E-state index contributed by atoms with van der Waals surface area (Å²) in [4.78, 5) is 2.09. The Balaban J connectivity index is 2.33. The van der Waals surface area contributed by atoms with Crippen LogP contribution in [0, 0.1) is 13.8 Å². The first-order valence-electron chi connectivity index (χ1n) is 4.34. The Bertz CT molecular complexity index is 433. The normalized spacial score (nSPS) is 13.1. The molecule has 0 aliphatic rings. The van der Waals surface area contributed by atoms with E-state index in [1.165, 1.54) is 16.4 Å². The summed E-state index contributed by atoms with van der Waals surface area (Å²) in [7, 11) is 0. The van der Waals surface area contributed by atoms with Crippen LogP contribution in [0.15, 0.2) is 17.5 Å². The van der Waals surface area contributed by atoms with E-state index in [9.17, 15) is 5.11 Å². The van der Waals surface area contributed by atoms with Crippen LogP contribution in [0.4, 0.5) is 0 Å². The van der Waals surface area contributed by atoms with Crippen LogP contribution in [-0.4, -0.2) is 9.48 Å². The van der Waals surface area contributed by atoms with Crippen molar-refractivity contribution in [3.63, 3.8) is 0 Å². The van der Waals surface area contributed by atoms with Gasteiger partial charge in [-0.3, -0.25) is 0 Å². The molecule has 0 saturated carbocycles. The highest BCUT2D eigenvalue weighted by Crippen LogP contribution is 2.30. The Morgan fingerprint density at radius 1 is 1.43 bits per heavy atom. The van der Waals surface area contributed by atoms with Gasteiger partial charge in [0.15, 0.2) is 0 Å². The van der Waals surface area contributed by atoms with Gasteiger partial charge in [0.1, 0.15) is 6.10 Å². The molecule has 0 aliphatic heterocycles. The lowest BCUT2D eigenvalue weighted by molar-refractivity contribution is 0.224. The van der Waals surface area contributed by atoms with Crippen molar-refractivity contribution in [2.24, 2.45) is 0 Å². The monoisotopic (exact) mass is 225 g/mol. The van der Waals surface area contributed by atoms with E-state index in [-0.39, 0.29) is 0 Å². The maximum absolute atomic E-state index is 10.1. The van der Waals surface area contributed by atoms with Crippen molar-refractivity contribution in [3.05, 3.63) is 38.5 Å². The molecular weight excluding hydrogens is 214 g/mol. The van der Waals surface area contributed by atoms with Crippen LogP contribution in [0.3, 0.4) is 0 Å². The lowest BCUT2D eigenvalue weighted by Gasteiger charge is -2.06. The molecule has 14 heavy (non-hydrogen) atoms. The summed E-state index contributed by atoms with van der Waals surface area (Å²) in [5.74, 6) is 0. The van der Waals surface area contributed by atoms with Crippen LogP contribution >= 0.6 is 22.9 Å². The number of hydrogen-bond donors (Lipinski definition) is 1. The first kappa shape index (κ1) is 9.83. The van der Waals surface area contributed by atoms with Gasteiger partial charge in [-0.15, -0.1) is 11.3 Å². The van der Waals surface area contributed by atoms with Crippen LogP contribution in [0.2, 0.25) is 0 Å². The van der Waals surface area contributed by atoms with E-state index in [1.807, 2.05) is 31.4 Å². The first-order chi connectivity index (χ1) is 6.68. The van der Waals surface area contributed by atoms with E-state index in [0.717, 1.165) is 16.1 Å². The quantitative estimate of drug-likeness (QED) is 0.852. The van der Waals surface area contributed by atoms with Gasteiger partial charge >= 0.3 is 0 Å². The summed E-state index contributed by atoms with van der Waals surface area (Å²) < 4.78 is 4.16. The van der Waals surface area contributed by atoms with E-state index in [4.69, 9.17) is 0 Å². The standard InChI is InChI=1S/C10H11NOS2/c1-6-5-9(14-11-6)10(12)8-3-4-13-7(8)2/h3-5,10,12H,1-2H3. The largest absolute Gasteiger partial charge is 0.383 e. The van der Waals surface area contributed by atoms with Gasteiger partial charge in [0, 0.05) is 4.88 Å². The number of hydrogen-bond acceptors (Lipinski definition) is 4. The minimum absolute atomic E-state index is 0.507. The Morgan fingerprint density at radius 2 is 2.21 bits per heavy atom. The summed E-state index contributed by atoms with van der Waals surface area (Å²) in [6.07, 6.45) is -0.507. The molecule has 2 rings (SSSR count). The zero-order valence-corrected chi connectivity index (χ0v) is 9.65. The smallest absolute Gasteiger partial charge is 0.116 e. The van der Waals surface area contributed by atoms with Gasteiger partial charge in [-0.2, -0.15) is 4.37 Å². The Hall–Kier alpha value is -0.710. The van der Waals surface area contributed by atoms with Gasteiger partial charge < -0.3 is 5.11 Å². The molecule has 0 aliphatic carbocycles. The molecule has 2 heterocycles. The van der Waals surface area contributed by atoms with Crippen molar-refractivity contribution in [3.8, 4) is 0 Å². The van der Waals surface area contributed by atoms with Crippen molar-refractivity contribution in [2.75, 3.05) is 0 Å². The molecule has 0 fully saturated rings. The van der Waals surface area contributed by atoms with E-state index < -0.39 is 6.10 Å². The molecule has 4 heteroatoms. The van der Waals surface area contributed by atoms with Gasteiger partial charge in [0.05, 0.1) is 10.6 Å². The van der Waals surface area contributed by atoms with Crippen molar-refractivity contribution in [2.45, 2.75) is 20.0 Å². The summed E-state index contributed by atoms with van der Waals surface area (Å²) in [5.41, 5.74) is 1.97. The molecule has 2 aromatic rings.